The Morgan fingerprint density at radius 3 is 2.20 bits per heavy atom. The third kappa shape index (κ3) is 5.18. The van der Waals surface area contributed by atoms with Gasteiger partial charge in [-0.3, -0.25) is 4.79 Å². The average molecular weight is 400 g/mol. The van der Waals surface area contributed by atoms with E-state index in [1.54, 1.807) is 42.5 Å². The summed E-state index contributed by atoms with van der Waals surface area (Å²) in [6.45, 7) is 0. The molecular formula is C24H20N2O4. The molecule has 0 atom stereocenters. The predicted molar refractivity (Wildman–Crippen MR) is 115 cm³/mol. The molecule has 0 heterocycles. The summed E-state index contributed by atoms with van der Waals surface area (Å²) in [7, 11) is 3.06. The molecule has 1 N–H and O–H groups in total. The molecule has 0 radical (unpaired) electrons. The molecule has 3 rings (SSSR count). The van der Waals surface area contributed by atoms with Crippen LogP contribution < -0.4 is 19.5 Å². The lowest BCUT2D eigenvalue weighted by molar-refractivity contribution is -0.112. The third-order valence-electron chi connectivity index (χ3n) is 4.17. The fraction of sp³-hybridized carbons (Fsp3) is 0.0833. The molecule has 0 aliphatic heterocycles. The SMILES string of the molecule is COc1ccc(/C=C(\C#N)C(=O)Nc2ccc(Oc3ccccc3)cc2)cc1OC. The summed E-state index contributed by atoms with van der Waals surface area (Å²) < 4.78 is 16.2. The monoisotopic (exact) mass is 400 g/mol. The molecule has 3 aromatic carbocycles. The number of carbonyl (C=O) groups excluding carboxylic acids is 1. The highest BCUT2D eigenvalue weighted by molar-refractivity contribution is 6.09. The van der Waals surface area contributed by atoms with Crippen molar-refractivity contribution in [3.8, 4) is 29.1 Å². The van der Waals surface area contributed by atoms with Gasteiger partial charge in [-0.15, -0.1) is 0 Å². The first kappa shape index (κ1) is 20.5. The van der Waals surface area contributed by atoms with Crippen LogP contribution in [-0.4, -0.2) is 20.1 Å². The molecular weight excluding hydrogens is 380 g/mol. The van der Waals surface area contributed by atoms with Crippen molar-refractivity contribution in [1.29, 1.82) is 5.26 Å². The number of para-hydroxylation sites is 1. The average Bonchev–Trinajstić information content (AvgIpc) is 2.79. The van der Waals surface area contributed by atoms with Crippen LogP contribution in [0.2, 0.25) is 0 Å². The van der Waals surface area contributed by atoms with Crippen LogP contribution in [0, 0.1) is 11.3 Å². The molecule has 0 aliphatic carbocycles. The Morgan fingerprint density at radius 2 is 1.57 bits per heavy atom. The van der Waals surface area contributed by atoms with E-state index in [9.17, 15) is 10.1 Å². The van der Waals surface area contributed by atoms with Crippen LogP contribution in [0.4, 0.5) is 5.69 Å². The fourth-order valence-corrected chi connectivity index (χ4v) is 2.69. The zero-order chi connectivity index (χ0) is 21.3. The molecule has 0 aliphatic rings. The number of benzene rings is 3. The quantitative estimate of drug-likeness (QED) is 0.444. The Bertz CT molecular complexity index is 1080. The van der Waals surface area contributed by atoms with Crippen LogP contribution in [-0.2, 0) is 4.79 Å². The summed E-state index contributed by atoms with van der Waals surface area (Å²) in [5, 5.41) is 12.1. The molecule has 0 bridgehead atoms. The number of nitrogens with one attached hydrogen (secondary N) is 1. The van der Waals surface area contributed by atoms with Crippen LogP contribution in [0.3, 0.4) is 0 Å². The number of methoxy groups -OCH3 is 2. The summed E-state index contributed by atoms with van der Waals surface area (Å²) in [5.41, 5.74) is 1.16. The molecule has 0 saturated carbocycles. The van der Waals surface area contributed by atoms with Gasteiger partial charge in [0.2, 0.25) is 0 Å². The Hall–Kier alpha value is -4.24. The van der Waals surface area contributed by atoms with Crippen molar-refractivity contribution in [2.75, 3.05) is 19.5 Å². The Balaban J connectivity index is 1.70. The molecule has 150 valence electrons. The maximum atomic E-state index is 12.5. The van der Waals surface area contributed by atoms with E-state index in [1.165, 1.54) is 20.3 Å². The van der Waals surface area contributed by atoms with Gasteiger partial charge in [0.1, 0.15) is 23.1 Å². The highest BCUT2D eigenvalue weighted by Gasteiger charge is 2.11. The number of anilines is 1. The number of hydrogen-bond donors (Lipinski definition) is 1. The maximum Gasteiger partial charge on any atom is 0.266 e. The number of ether oxygens (including phenoxy) is 3. The van der Waals surface area contributed by atoms with Crippen molar-refractivity contribution in [3.63, 3.8) is 0 Å². The summed E-state index contributed by atoms with van der Waals surface area (Å²) in [6, 6.07) is 23.4. The minimum atomic E-state index is -0.510. The topological polar surface area (TPSA) is 80.6 Å². The van der Waals surface area contributed by atoms with E-state index in [1.807, 2.05) is 36.4 Å². The van der Waals surface area contributed by atoms with Gasteiger partial charge in [-0.2, -0.15) is 5.26 Å². The predicted octanol–water partition coefficient (Wildman–Crippen LogP) is 5.04. The molecule has 0 unspecified atom stereocenters. The van der Waals surface area contributed by atoms with Crippen LogP contribution >= 0.6 is 0 Å². The first-order valence-electron chi connectivity index (χ1n) is 9.11. The summed E-state index contributed by atoms with van der Waals surface area (Å²) in [5.74, 6) is 1.93. The maximum absolute atomic E-state index is 12.5. The molecule has 0 spiro atoms. The third-order valence-corrected chi connectivity index (χ3v) is 4.17. The van der Waals surface area contributed by atoms with Crippen LogP contribution in [0.5, 0.6) is 23.0 Å². The highest BCUT2D eigenvalue weighted by Crippen LogP contribution is 2.28. The zero-order valence-corrected chi connectivity index (χ0v) is 16.6. The smallest absolute Gasteiger partial charge is 0.266 e. The summed E-state index contributed by atoms with van der Waals surface area (Å²) in [6.07, 6.45) is 1.49. The van der Waals surface area contributed by atoms with Crippen LogP contribution in [0.25, 0.3) is 6.08 Å². The number of carbonyl (C=O) groups is 1. The van der Waals surface area contributed by atoms with Gasteiger partial charge in [0.25, 0.3) is 5.91 Å². The van der Waals surface area contributed by atoms with Crippen LogP contribution in [0.15, 0.2) is 78.4 Å². The lowest BCUT2D eigenvalue weighted by Crippen LogP contribution is -2.13. The highest BCUT2D eigenvalue weighted by atomic mass is 16.5. The van der Waals surface area contributed by atoms with Gasteiger partial charge < -0.3 is 19.5 Å². The fourth-order valence-electron chi connectivity index (χ4n) is 2.69. The van der Waals surface area contributed by atoms with E-state index in [0.717, 1.165) is 5.75 Å². The minimum Gasteiger partial charge on any atom is -0.493 e. The number of rotatable bonds is 7. The van der Waals surface area contributed by atoms with Gasteiger partial charge in [0, 0.05) is 5.69 Å². The number of amides is 1. The van der Waals surface area contributed by atoms with Gasteiger partial charge in [-0.05, 0) is 60.2 Å². The summed E-state index contributed by atoms with van der Waals surface area (Å²) in [4.78, 5) is 12.5. The number of nitrogens with zero attached hydrogens (tertiary/aromatic N) is 1. The normalized spacial score (nSPS) is 10.6. The van der Waals surface area contributed by atoms with Gasteiger partial charge in [-0.25, -0.2) is 0 Å². The molecule has 3 aromatic rings. The van der Waals surface area contributed by atoms with E-state index in [2.05, 4.69) is 5.32 Å². The van der Waals surface area contributed by atoms with Crippen molar-refractivity contribution < 1.29 is 19.0 Å². The van der Waals surface area contributed by atoms with E-state index in [-0.39, 0.29) is 5.57 Å². The van der Waals surface area contributed by atoms with Crippen molar-refractivity contribution >= 4 is 17.7 Å². The van der Waals surface area contributed by atoms with E-state index < -0.39 is 5.91 Å². The first-order valence-corrected chi connectivity index (χ1v) is 9.11. The first-order chi connectivity index (χ1) is 14.6. The van der Waals surface area contributed by atoms with Gasteiger partial charge in [0.15, 0.2) is 11.5 Å². The molecule has 1 amide bonds. The van der Waals surface area contributed by atoms with Gasteiger partial charge >= 0.3 is 0 Å². The number of hydrogen-bond acceptors (Lipinski definition) is 5. The lowest BCUT2D eigenvalue weighted by atomic mass is 10.1. The molecule has 30 heavy (non-hydrogen) atoms. The standard InChI is InChI=1S/C24H20N2O4/c1-28-22-13-8-17(15-23(22)29-2)14-18(16-25)24(27)26-19-9-11-21(12-10-19)30-20-6-4-3-5-7-20/h3-15H,1-2H3,(H,26,27)/b18-14+. The zero-order valence-electron chi connectivity index (χ0n) is 16.6. The van der Waals surface area contributed by atoms with Crippen LogP contribution in [0.1, 0.15) is 5.56 Å². The minimum absolute atomic E-state index is 0.0353. The second-order valence-electron chi connectivity index (χ2n) is 6.18. The molecule has 6 heteroatoms. The van der Waals surface area contributed by atoms with E-state index >= 15 is 0 Å². The summed E-state index contributed by atoms with van der Waals surface area (Å²) >= 11 is 0. The Kier molecular flexibility index (Phi) is 6.70. The van der Waals surface area contributed by atoms with Crippen molar-refractivity contribution in [3.05, 3.63) is 83.9 Å². The number of nitriles is 1. The Labute approximate surface area is 174 Å². The lowest BCUT2D eigenvalue weighted by Gasteiger charge is -2.09. The van der Waals surface area contributed by atoms with Gasteiger partial charge in [-0.1, -0.05) is 24.3 Å². The van der Waals surface area contributed by atoms with Gasteiger partial charge in [0.05, 0.1) is 14.2 Å². The Morgan fingerprint density at radius 1 is 0.900 bits per heavy atom. The molecule has 6 nitrogen and oxygen atoms in total. The van der Waals surface area contributed by atoms with Crippen molar-refractivity contribution in [1.82, 2.24) is 0 Å². The van der Waals surface area contributed by atoms with E-state index in [0.29, 0.717) is 28.5 Å². The van der Waals surface area contributed by atoms with Crippen molar-refractivity contribution in [2.45, 2.75) is 0 Å². The molecule has 0 fully saturated rings. The van der Waals surface area contributed by atoms with E-state index in [4.69, 9.17) is 14.2 Å². The second-order valence-corrected chi connectivity index (χ2v) is 6.18. The largest absolute Gasteiger partial charge is 0.493 e. The molecule has 0 saturated heterocycles. The molecule has 0 aromatic heterocycles. The second kappa shape index (κ2) is 9.80. The van der Waals surface area contributed by atoms with Crippen molar-refractivity contribution in [2.24, 2.45) is 0 Å².